The van der Waals surface area contributed by atoms with Gasteiger partial charge in [-0.2, -0.15) is 15.6 Å². The molecule has 0 aromatic heterocycles. The number of hydrogen-bond acceptors (Lipinski definition) is 8. The summed E-state index contributed by atoms with van der Waals surface area (Å²) in [5.41, 5.74) is 2.57. The van der Waals surface area contributed by atoms with Gasteiger partial charge in [0.1, 0.15) is 17.8 Å². The van der Waals surface area contributed by atoms with E-state index in [2.05, 4.69) is 15.3 Å². The zero-order chi connectivity index (χ0) is 15.8. The summed E-state index contributed by atoms with van der Waals surface area (Å²) in [6, 6.07) is 6.03. The Kier molecular flexibility index (Phi) is 5.54. The standard InChI is InChI=1S/C13H12N4O4/c1-20-11-4-8(5-12(18)21-2)3-10(13(11)19)17-16-9(6-14)7-15/h3-4,17,19H,5H2,1-2H3. The third-order valence-electron chi connectivity index (χ3n) is 2.43. The summed E-state index contributed by atoms with van der Waals surface area (Å²) in [6.45, 7) is 0. The van der Waals surface area contributed by atoms with E-state index in [0.717, 1.165) is 0 Å². The first-order chi connectivity index (χ1) is 10.0. The highest BCUT2D eigenvalue weighted by molar-refractivity contribution is 6.10. The van der Waals surface area contributed by atoms with E-state index in [1.165, 1.54) is 26.4 Å². The predicted molar refractivity (Wildman–Crippen MR) is 72.7 cm³/mol. The van der Waals surface area contributed by atoms with Gasteiger partial charge in [-0.25, -0.2) is 0 Å². The van der Waals surface area contributed by atoms with E-state index in [-0.39, 0.29) is 23.6 Å². The summed E-state index contributed by atoms with van der Waals surface area (Å²) in [4.78, 5) is 11.3. The van der Waals surface area contributed by atoms with Crippen LogP contribution in [0.3, 0.4) is 0 Å². The first-order valence-electron chi connectivity index (χ1n) is 5.66. The molecule has 0 saturated carbocycles. The Morgan fingerprint density at radius 2 is 2.05 bits per heavy atom. The zero-order valence-corrected chi connectivity index (χ0v) is 11.4. The molecule has 0 radical (unpaired) electrons. The van der Waals surface area contributed by atoms with Crippen molar-refractivity contribution in [2.24, 2.45) is 5.10 Å². The zero-order valence-electron chi connectivity index (χ0n) is 11.4. The molecule has 0 saturated heterocycles. The van der Waals surface area contributed by atoms with Gasteiger partial charge in [0.25, 0.3) is 0 Å². The lowest BCUT2D eigenvalue weighted by Gasteiger charge is -2.11. The number of hydrazone groups is 1. The summed E-state index contributed by atoms with van der Waals surface area (Å²) in [6.07, 6.45) is -0.0328. The quantitative estimate of drug-likeness (QED) is 0.357. The molecule has 8 heteroatoms. The fourth-order valence-electron chi connectivity index (χ4n) is 1.44. The SMILES string of the molecule is COC(=O)Cc1cc(NN=C(C#N)C#N)c(O)c(OC)c1. The van der Waals surface area contributed by atoms with Gasteiger partial charge < -0.3 is 14.6 Å². The second-order valence-corrected chi connectivity index (χ2v) is 3.74. The van der Waals surface area contributed by atoms with E-state index in [9.17, 15) is 9.90 Å². The average molecular weight is 288 g/mol. The molecule has 0 unspecified atom stereocenters. The summed E-state index contributed by atoms with van der Waals surface area (Å²) in [7, 11) is 2.61. The summed E-state index contributed by atoms with van der Waals surface area (Å²) >= 11 is 0. The normalized spacial score (nSPS) is 8.95. The molecule has 108 valence electrons. The number of methoxy groups -OCH3 is 2. The van der Waals surface area contributed by atoms with Gasteiger partial charge in [0.05, 0.1) is 20.6 Å². The lowest BCUT2D eigenvalue weighted by molar-refractivity contribution is -0.139. The number of ether oxygens (including phenoxy) is 2. The molecule has 0 aliphatic carbocycles. The smallest absolute Gasteiger partial charge is 0.309 e. The Labute approximate surface area is 120 Å². The van der Waals surface area contributed by atoms with Gasteiger partial charge in [-0.05, 0) is 17.7 Å². The number of anilines is 1. The highest BCUT2D eigenvalue weighted by Gasteiger charge is 2.13. The minimum atomic E-state index is -0.466. The Morgan fingerprint density at radius 3 is 2.57 bits per heavy atom. The van der Waals surface area contributed by atoms with E-state index in [1.807, 2.05) is 0 Å². The van der Waals surface area contributed by atoms with E-state index in [1.54, 1.807) is 12.1 Å². The monoisotopic (exact) mass is 288 g/mol. The summed E-state index contributed by atoms with van der Waals surface area (Å²) < 4.78 is 9.53. The van der Waals surface area contributed by atoms with Gasteiger partial charge in [-0.15, -0.1) is 0 Å². The Morgan fingerprint density at radius 1 is 1.38 bits per heavy atom. The molecule has 0 spiro atoms. The Hall–Kier alpha value is -3.26. The minimum Gasteiger partial charge on any atom is -0.503 e. The maximum absolute atomic E-state index is 11.3. The molecule has 0 aliphatic heterocycles. The molecule has 0 bridgehead atoms. The molecule has 0 aliphatic rings. The summed E-state index contributed by atoms with van der Waals surface area (Å²) in [5, 5.41) is 30.6. The number of rotatable bonds is 5. The molecule has 1 aromatic carbocycles. The highest BCUT2D eigenvalue weighted by Crippen LogP contribution is 2.35. The van der Waals surface area contributed by atoms with Gasteiger partial charge in [0.2, 0.25) is 5.71 Å². The van der Waals surface area contributed by atoms with Crippen LogP contribution in [-0.4, -0.2) is 31.0 Å². The van der Waals surface area contributed by atoms with Crippen LogP contribution < -0.4 is 10.2 Å². The lowest BCUT2D eigenvalue weighted by Crippen LogP contribution is -2.05. The number of hydrogen-bond donors (Lipinski definition) is 2. The van der Waals surface area contributed by atoms with E-state index >= 15 is 0 Å². The van der Waals surface area contributed by atoms with Crippen molar-refractivity contribution in [2.75, 3.05) is 19.6 Å². The molecule has 1 rings (SSSR count). The largest absolute Gasteiger partial charge is 0.503 e. The molecule has 21 heavy (non-hydrogen) atoms. The van der Waals surface area contributed by atoms with Crippen LogP contribution in [0.5, 0.6) is 11.5 Å². The van der Waals surface area contributed by atoms with Crippen molar-refractivity contribution < 1.29 is 19.4 Å². The number of carbonyl (C=O) groups excluding carboxylic acids is 1. The first-order valence-corrected chi connectivity index (χ1v) is 5.66. The number of nitrogens with zero attached hydrogens (tertiary/aromatic N) is 3. The molecule has 8 nitrogen and oxygen atoms in total. The van der Waals surface area contributed by atoms with E-state index < -0.39 is 11.7 Å². The van der Waals surface area contributed by atoms with Crippen molar-refractivity contribution in [1.29, 1.82) is 10.5 Å². The molecular weight excluding hydrogens is 276 g/mol. The summed E-state index contributed by atoms with van der Waals surface area (Å²) in [5.74, 6) is -0.610. The van der Waals surface area contributed by atoms with Crippen LogP contribution in [0.15, 0.2) is 17.2 Å². The van der Waals surface area contributed by atoms with Crippen LogP contribution in [0.25, 0.3) is 0 Å². The van der Waals surface area contributed by atoms with Gasteiger partial charge in [0.15, 0.2) is 11.5 Å². The molecular formula is C13H12N4O4. The number of benzene rings is 1. The number of aromatic hydroxyl groups is 1. The maximum Gasteiger partial charge on any atom is 0.309 e. The van der Waals surface area contributed by atoms with Crippen molar-refractivity contribution in [3.63, 3.8) is 0 Å². The number of carbonyl (C=O) groups is 1. The molecule has 0 amide bonds. The van der Waals surface area contributed by atoms with Crippen molar-refractivity contribution >= 4 is 17.4 Å². The van der Waals surface area contributed by atoms with Gasteiger partial charge in [0, 0.05) is 0 Å². The predicted octanol–water partition coefficient (Wildman–Crippen LogP) is 0.931. The highest BCUT2D eigenvalue weighted by atomic mass is 16.5. The van der Waals surface area contributed by atoms with Crippen molar-refractivity contribution in [3.05, 3.63) is 17.7 Å². The molecule has 0 atom stereocenters. The van der Waals surface area contributed by atoms with Crippen LogP contribution in [0.4, 0.5) is 5.69 Å². The van der Waals surface area contributed by atoms with Gasteiger partial charge in [-0.1, -0.05) is 0 Å². The van der Waals surface area contributed by atoms with Crippen LogP contribution in [0.2, 0.25) is 0 Å². The number of esters is 1. The van der Waals surface area contributed by atoms with Crippen molar-refractivity contribution in [2.45, 2.75) is 6.42 Å². The topological polar surface area (TPSA) is 128 Å². The minimum absolute atomic E-state index is 0.0328. The third kappa shape index (κ3) is 4.11. The number of nitrogens with one attached hydrogen (secondary N) is 1. The van der Waals surface area contributed by atoms with E-state index in [4.69, 9.17) is 15.3 Å². The Balaban J connectivity index is 3.16. The fourth-order valence-corrected chi connectivity index (χ4v) is 1.44. The number of phenols is 1. The second-order valence-electron chi connectivity index (χ2n) is 3.74. The third-order valence-corrected chi connectivity index (χ3v) is 2.43. The van der Waals surface area contributed by atoms with Crippen molar-refractivity contribution in [1.82, 2.24) is 0 Å². The first kappa shape index (κ1) is 15.8. The molecule has 1 aromatic rings. The molecule has 2 N–H and O–H groups in total. The fraction of sp³-hybridized carbons (Fsp3) is 0.231. The van der Waals surface area contributed by atoms with Crippen LogP contribution in [0, 0.1) is 22.7 Å². The lowest BCUT2D eigenvalue weighted by atomic mass is 10.1. The molecule has 0 fully saturated rings. The van der Waals surface area contributed by atoms with Gasteiger partial charge >= 0.3 is 5.97 Å². The Bertz CT molecular complexity index is 639. The molecule has 0 heterocycles. The second kappa shape index (κ2) is 7.36. The van der Waals surface area contributed by atoms with Crippen LogP contribution in [-0.2, 0) is 16.0 Å². The van der Waals surface area contributed by atoms with E-state index in [0.29, 0.717) is 5.56 Å². The maximum atomic E-state index is 11.3. The van der Waals surface area contributed by atoms with Crippen molar-refractivity contribution in [3.8, 4) is 23.6 Å². The van der Waals surface area contributed by atoms with Crippen LogP contribution in [0.1, 0.15) is 5.56 Å². The number of nitriles is 2. The number of phenolic OH excluding ortho intramolecular Hbond substituents is 1. The van der Waals surface area contributed by atoms with Crippen LogP contribution >= 0.6 is 0 Å². The average Bonchev–Trinajstić information content (AvgIpc) is 2.50. The van der Waals surface area contributed by atoms with Gasteiger partial charge in [-0.3, -0.25) is 10.2 Å².